The van der Waals surface area contributed by atoms with Gasteiger partial charge in [0.05, 0.1) is 0 Å². The van der Waals surface area contributed by atoms with Crippen molar-refractivity contribution in [2.24, 2.45) is 0 Å². The zero-order valence-corrected chi connectivity index (χ0v) is 5.73. The van der Waals surface area contributed by atoms with Gasteiger partial charge < -0.3 is 27.4 Å². The van der Waals surface area contributed by atoms with Crippen molar-refractivity contribution in [3.8, 4) is 0 Å². The summed E-state index contributed by atoms with van der Waals surface area (Å²) in [6, 6.07) is 0. The number of hydrogen-bond acceptors (Lipinski definition) is 0. The molecule has 5 nitrogen and oxygen atoms in total. The molecular formula is H2Li2O5V2. The van der Waals surface area contributed by atoms with Crippen molar-refractivity contribution < 1.29 is 64.5 Å². The van der Waals surface area contributed by atoms with Gasteiger partial charge in [-0.2, -0.15) is 0 Å². The van der Waals surface area contributed by atoms with Crippen LogP contribution in [-0.4, -0.2) is 37.7 Å². The van der Waals surface area contributed by atoms with E-state index >= 15 is 0 Å². The van der Waals surface area contributed by atoms with E-state index in [9.17, 15) is 0 Å². The van der Waals surface area contributed by atoms with Crippen LogP contribution >= 0.6 is 0 Å². The summed E-state index contributed by atoms with van der Waals surface area (Å²) in [4.78, 5) is 0. The molecule has 0 spiro atoms. The molecule has 0 aromatic heterocycles. The molecule has 0 fully saturated rings. The average Bonchev–Trinajstić information content (AvgIpc) is 0. The predicted molar refractivity (Wildman–Crippen MR) is 17.7 cm³/mol. The molecule has 0 saturated heterocycles. The smallest absolute Gasteiger partial charge is 2.00 e. The second kappa shape index (κ2) is 182. The topological polar surface area (TPSA) is 142 Å². The fourth-order valence-electron chi connectivity index (χ4n) is 0. The van der Waals surface area contributed by atoms with Crippen molar-refractivity contribution in [2.45, 2.75) is 0 Å². The van der Waals surface area contributed by atoms with Crippen LogP contribution in [-0.2, 0) is 64.5 Å². The first-order valence-electron chi connectivity index (χ1n) is 0. The molecule has 0 N–H and O–H groups in total. The molecule has 0 saturated carbocycles. The van der Waals surface area contributed by atoms with Crippen molar-refractivity contribution >= 4 is 37.7 Å². The first kappa shape index (κ1) is 246. The molecular weight excluding hydrogens is 196 g/mol. The molecule has 0 rings (SSSR count). The van der Waals surface area contributed by atoms with Gasteiger partial charge in [0, 0.05) is 0 Å². The maximum atomic E-state index is 0. The van der Waals surface area contributed by atoms with Gasteiger partial charge in [-0.25, -0.2) is 0 Å². The minimum absolute atomic E-state index is 0. The van der Waals surface area contributed by atoms with Gasteiger partial charge in [0.15, 0.2) is 0 Å². The molecule has 44 valence electrons. The fraction of sp³-hybridized carbons (Fsp3) is 0. The summed E-state index contributed by atoms with van der Waals surface area (Å²) in [5, 5.41) is 0. The van der Waals surface area contributed by atoms with E-state index in [0.717, 1.165) is 0 Å². The Morgan fingerprint density at radius 1 is 0.333 bits per heavy atom. The second-order valence-corrected chi connectivity index (χ2v) is 0. The van der Waals surface area contributed by atoms with Crippen molar-refractivity contribution in [1.29, 1.82) is 0 Å². The number of hydrogen-bond donors (Lipinski definition) is 0. The van der Waals surface area contributed by atoms with Gasteiger partial charge in [0.25, 0.3) is 0 Å². The minimum atomic E-state index is 0. The van der Waals surface area contributed by atoms with Gasteiger partial charge in [-0.15, -0.1) is 0 Å². The molecule has 0 aliphatic carbocycles. The molecule has 0 aromatic rings. The van der Waals surface area contributed by atoms with E-state index in [4.69, 9.17) is 0 Å². The Labute approximate surface area is 101 Å². The predicted octanol–water partition coefficient (Wildman–Crippen LogP) is -1.90. The standard InChI is InChI=1S/2Li.5O.2V.2H/q;;5*-2;2*+5;;. The molecule has 0 unspecified atom stereocenters. The van der Waals surface area contributed by atoms with Crippen molar-refractivity contribution in [3.05, 3.63) is 0 Å². The van der Waals surface area contributed by atoms with Crippen LogP contribution in [0.5, 0.6) is 0 Å². The fourth-order valence-corrected chi connectivity index (χ4v) is 0. The van der Waals surface area contributed by atoms with E-state index in [-0.39, 0.29) is 102 Å². The molecule has 0 heterocycles. The average molecular weight is 198 g/mol. The van der Waals surface area contributed by atoms with Crippen LogP contribution in [0.3, 0.4) is 0 Å². The number of rotatable bonds is 0. The molecule has 0 aliphatic rings. The quantitative estimate of drug-likeness (QED) is 0.400. The van der Waals surface area contributed by atoms with E-state index in [1.165, 1.54) is 0 Å². The Bertz CT molecular complexity index is 12.9. The zero-order valence-electron chi connectivity index (χ0n) is 2.94. The van der Waals surface area contributed by atoms with Gasteiger partial charge >= 0.3 is 74.8 Å². The van der Waals surface area contributed by atoms with Gasteiger partial charge in [-0.1, -0.05) is 0 Å². The van der Waals surface area contributed by atoms with Gasteiger partial charge in [0.2, 0.25) is 0 Å². The third-order valence-corrected chi connectivity index (χ3v) is 0. The first-order chi connectivity index (χ1) is 0. The molecule has 0 atom stereocenters. The normalized spacial score (nSPS) is 0. The van der Waals surface area contributed by atoms with E-state index in [0.29, 0.717) is 0 Å². The molecule has 0 aromatic carbocycles. The molecule has 0 aliphatic heterocycles. The van der Waals surface area contributed by atoms with Gasteiger partial charge in [-0.05, 0) is 0 Å². The SMILES string of the molecule is [LiH].[LiH].[O-2].[O-2].[O-2].[O-2].[O-2].[V+5].[V+5]. The van der Waals surface area contributed by atoms with E-state index in [1.54, 1.807) is 0 Å². The summed E-state index contributed by atoms with van der Waals surface area (Å²) in [5.41, 5.74) is 0. The van der Waals surface area contributed by atoms with Crippen LogP contribution in [0.4, 0.5) is 0 Å². The van der Waals surface area contributed by atoms with Gasteiger partial charge in [-0.3, -0.25) is 0 Å². The second-order valence-electron chi connectivity index (χ2n) is 0. The Hall–Kier alpha value is 2.16. The third-order valence-electron chi connectivity index (χ3n) is 0. The molecule has 0 radical (unpaired) electrons. The Morgan fingerprint density at radius 2 is 0.333 bits per heavy atom. The van der Waals surface area contributed by atoms with E-state index in [1.807, 2.05) is 0 Å². The van der Waals surface area contributed by atoms with E-state index < -0.39 is 0 Å². The summed E-state index contributed by atoms with van der Waals surface area (Å²) in [7, 11) is 0. The van der Waals surface area contributed by atoms with Crippen LogP contribution in [0.25, 0.3) is 0 Å². The van der Waals surface area contributed by atoms with Gasteiger partial charge in [0.1, 0.15) is 0 Å². The molecule has 9 heteroatoms. The molecule has 0 bridgehead atoms. The summed E-state index contributed by atoms with van der Waals surface area (Å²) >= 11 is 0. The summed E-state index contributed by atoms with van der Waals surface area (Å²) in [6.45, 7) is 0. The monoisotopic (exact) mass is 198 g/mol. The van der Waals surface area contributed by atoms with Crippen LogP contribution in [0.1, 0.15) is 0 Å². The van der Waals surface area contributed by atoms with Crippen LogP contribution < -0.4 is 0 Å². The van der Waals surface area contributed by atoms with Crippen LogP contribution in [0.2, 0.25) is 0 Å². The van der Waals surface area contributed by atoms with E-state index in [2.05, 4.69) is 0 Å². The summed E-state index contributed by atoms with van der Waals surface area (Å²) in [5.74, 6) is 0. The largest absolute Gasteiger partial charge is 5.00 e. The van der Waals surface area contributed by atoms with Crippen molar-refractivity contribution in [1.82, 2.24) is 0 Å². The maximum absolute atomic E-state index is 0. The third kappa shape index (κ3) is 145. The molecule has 9 heavy (non-hydrogen) atoms. The maximum Gasteiger partial charge on any atom is 5.00 e. The Kier molecular flexibility index (Phi) is 4990. The Balaban J connectivity index is 0. The van der Waals surface area contributed by atoms with Crippen molar-refractivity contribution in [2.75, 3.05) is 0 Å². The minimum Gasteiger partial charge on any atom is -2.00 e. The van der Waals surface area contributed by atoms with Crippen LogP contribution in [0, 0.1) is 0 Å². The molecule has 0 amide bonds. The van der Waals surface area contributed by atoms with Crippen LogP contribution in [0.15, 0.2) is 0 Å². The summed E-state index contributed by atoms with van der Waals surface area (Å²) in [6.07, 6.45) is 0. The Morgan fingerprint density at radius 3 is 0.333 bits per heavy atom. The van der Waals surface area contributed by atoms with Crippen molar-refractivity contribution in [3.63, 3.8) is 0 Å². The first-order valence-corrected chi connectivity index (χ1v) is 0. The summed E-state index contributed by atoms with van der Waals surface area (Å²) < 4.78 is 0. The zero-order chi connectivity index (χ0) is 0.